The number of hydrogen-bond acceptors (Lipinski definition) is 1. The van der Waals surface area contributed by atoms with Gasteiger partial charge in [0.1, 0.15) is 0 Å². The summed E-state index contributed by atoms with van der Waals surface area (Å²) in [6.45, 7) is 0. The highest BCUT2D eigenvalue weighted by molar-refractivity contribution is 6.82. The van der Waals surface area contributed by atoms with Crippen LogP contribution in [0, 0.1) is 0 Å². The lowest BCUT2D eigenvalue weighted by molar-refractivity contribution is 0.00427. The van der Waals surface area contributed by atoms with Gasteiger partial charge in [0, 0.05) is 0 Å². The van der Waals surface area contributed by atoms with Gasteiger partial charge >= 0.3 is 0 Å². The van der Waals surface area contributed by atoms with Crippen LogP contribution in [0.3, 0.4) is 0 Å². The molecule has 1 fully saturated rings. The maximum Gasteiger partial charge on any atom is 0.256 e. The fourth-order valence-corrected chi connectivity index (χ4v) is 8.66. The zero-order valence-electron chi connectivity index (χ0n) is 13.0. The number of alkyl halides is 20. The van der Waals surface area contributed by atoms with Crippen molar-refractivity contribution in [3.8, 4) is 0 Å². The number of rotatable bonds is 0. The molecule has 21 heteroatoms. The van der Waals surface area contributed by atoms with Crippen LogP contribution < -0.4 is 0 Å². The van der Waals surface area contributed by atoms with E-state index >= 15 is 0 Å². The third-order valence-corrected chi connectivity index (χ3v) is 17.7. The SMILES string of the molecule is ClC1(Cl)OC(Cl)(Cl)C(Cl)(Cl)C(Cl)(Cl)C(Cl)(Cl)C(Cl)(Cl)C(Cl)(Cl)C(Cl)(Cl)C(Cl)(Cl)C1(Cl)Cl. The first-order valence-corrected chi connectivity index (χ1v) is 14.0. The van der Waals surface area contributed by atoms with E-state index in [4.69, 9.17) is 237 Å². The van der Waals surface area contributed by atoms with Crippen LogP contribution in [0.25, 0.3) is 0 Å². The molecule has 0 unspecified atom stereocenters. The van der Waals surface area contributed by atoms with Crippen LogP contribution in [0.4, 0.5) is 0 Å². The van der Waals surface area contributed by atoms with E-state index in [9.17, 15) is 0 Å². The minimum absolute atomic E-state index is 3.07. The van der Waals surface area contributed by atoms with Crippen LogP contribution in [-0.2, 0) is 4.74 Å². The van der Waals surface area contributed by atoms with Crippen molar-refractivity contribution in [3.63, 3.8) is 0 Å². The summed E-state index contributed by atoms with van der Waals surface area (Å²) in [5, 5.41) is 0. The lowest BCUT2D eigenvalue weighted by Crippen LogP contribution is -2.71. The Morgan fingerprint density at radius 1 is 0.226 bits per heavy atom. The first-order valence-electron chi connectivity index (χ1n) is 6.44. The molecule has 0 bridgehead atoms. The van der Waals surface area contributed by atoms with E-state index in [2.05, 4.69) is 0 Å². The van der Waals surface area contributed by atoms with Gasteiger partial charge in [0.25, 0.3) is 9.04 Å². The van der Waals surface area contributed by atoms with Gasteiger partial charge in [-0.25, -0.2) is 0 Å². The summed E-state index contributed by atoms with van der Waals surface area (Å²) < 4.78 is -25.9. The highest BCUT2D eigenvalue weighted by Crippen LogP contribution is 2.76. The molecule has 0 spiro atoms. The standard InChI is InChI=1S/C10Cl20O/c11-1(12)2(13,14)4(17,18)6(21,22)8(25,26)10(29,30)31-9(27,28)7(23,24)5(19,20)3(1,15)16. The van der Waals surface area contributed by atoms with Crippen molar-refractivity contribution in [2.45, 2.75) is 43.7 Å². The van der Waals surface area contributed by atoms with Gasteiger partial charge in [-0.2, -0.15) is 0 Å². The zero-order valence-corrected chi connectivity index (χ0v) is 28.1. The van der Waals surface area contributed by atoms with Gasteiger partial charge in [0.2, 0.25) is 8.67 Å². The quantitative estimate of drug-likeness (QED) is 0.221. The van der Waals surface area contributed by atoms with Crippen LogP contribution in [0.1, 0.15) is 0 Å². The molecule has 0 atom stereocenters. The molecular weight excluding hydrogens is 845 g/mol. The average Bonchev–Trinajstić information content (AvgIpc) is 2.51. The van der Waals surface area contributed by atoms with Gasteiger partial charge in [-0.1, -0.05) is 232 Å². The Bertz CT molecular complexity index is 657. The normalized spacial score (nSPS) is 33.7. The van der Waals surface area contributed by atoms with Crippen LogP contribution in [0.2, 0.25) is 0 Å². The van der Waals surface area contributed by atoms with Crippen LogP contribution in [0.5, 0.6) is 0 Å². The van der Waals surface area contributed by atoms with E-state index in [1.807, 2.05) is 0 Å². The molecule has 1 nitrogen and oxygen atoms in total. The lowest BCUT2D eigenvalue weighted by Gasteiger charge is -2.54. The van der Waals surface area contributed by atoms with Crippen molar-refractivity contribution in [2.24, 2.45) is 0 Å². The number of hydrogen-bond donors (Lipinski definition) is 0. The van der Waals surface area contributed by atoms with Gasteiger partial charge in [-0.05, 0) is 0 Å². The third-order valence-electron chi connectivity index (χ3n) is 3.75. The van der Waals surface area contributed by atoms with Crippen molar-refractivity contribution >= 4 is 232 Å². The van der Waals surface area contributed by atoms with E-state index in [0.717, 1.165) is 0 Å². The molecule has 0 aromatic heterocycles. The Morgan fingerprint density at radius 2 is 0.355 bits per heavy atom. The second kappa shape index (κ2) is 9.69. The first kappa shape index (κ1) is 34.8. The second-order valence-corrected chi connectivity index (χ2v) is 18.9. The van der Waals surface area contributed by atoms with E-state index < -0.39 is 43.7 Å². The molecule has 1 aliphatic heterocycles. The summed E-state index contributed by atoms with van der Waals surface area (Å²) in [5.41, 5.74) is 0. The van der Waals surface area contributed by atoms with Crippen molar-refractivity contribution < 1.29 is 4.74 Å². The minimum atomic E-state index is -3.12. The van der Waals surface area contributed by atoms with Gasteiger partial charge < -0.3 is 4.74 Å². The van der Waals surface area contributed by atoms with Gasteiger partial charge in [-0.3, -0.25) is 0 Å². The Morgan fingerprint density at radius 3 is 0.516 bits per heavy atom. The van der Waals surface area contributed by atoms with E-state index in [0.29, 0.717) is 0 Å². The molecule has 0 aliphatic carbocycles. The second-order valence-electron chi connectivity index (χ2n) is 5.73. The average molecular weight is 845 g/mol. The maximum absolute atomic E-state index is 6.28. The molecule has 0 radical (unpaired) electrons. The molecule has 0 aromatic carbocycles. The molecule has 1 saturated heterocycles. The molecule has 0 amide bonds. The Labute approximate surface area is 276 Å². The first-order chi connectivity index (χ1) is 13.0. The fourth-order valence-electron chi connectivity index (χ4n) is 1.84. The third kappa shape index (κ3) is 4.74. The summed E-state index contributed by atoms with van der Waals surface area (Å²) in [6.07, 6.45) is 0. The number of halogens is 20. The zero-order chi connectivity index (χ0) is 25.7. The summed E-state index contributed by atoms with van der Waals surface area (Å²) in [4.78, 5) is 0. The largest absolute Gasteiger partial charge is 0.304 e. The molecule has 0 N–H and O–H groups in total. The summed E-state index contributed by atoms with van der Waals surface area (Å²) in [7, 11) is 0. The molecular formula is C10Cl20O. The molecule has 31 heavy (non-hydrogen) atoms. The molecule has 186 valence electrons. The number of ether oxygens (including phenoxy) is 1. The van der Waals surface area contributed by atoms with Gasteiger partial charge in [-0.15, -0.1) is 0 Å². The Hall–Kier alpha value is 5.76. The molecule has 1 aliphatic rings. The van der Waals surface area contributed by atoms with Crippen molar-refractivity contribution in [1.82, 2.24) is 0 Å². The summed E-state index contributed by atoms with van der Waals surface area (Å²) in [5.74, 6) is 0. The van der Waals surface area contributed by atoms with Crippen molar-refractivity contribution in [3.05, 3.63) is 0 Å². The summed E-state index contributed by atoms with van der Waals surface area (Å²) >= 11 is 124. The van der Waals surface area contributed by atoms with Gasteiger partial charge in [0.15, 0.2) is 26.0 Å². The van der Waals surface area contributed by atoms with Crippen molar-refractivity contribution in [1.29, 1.82) is 0 Å². The van der Waals surface area contributed by atoms with Crippen LogP contribution in [0.15, 0.2) is 0 Å². The summed E-state index contributed by atoms with van der Waals surface area (Å²) in [6, 6.07) is 0. The fraction of sp³-hybridized carbons (Fsp3) is 1.00. The maximum atomic E-state index is 6.28. The lowest BCUT2D eigenvalue weighted by atomic mass is 10.0. The van der Waals surface area contributed by atoms with E-state index in [1.165, 1.54) is 0 Å². The minimum Gasteiger partial charge on any atom is -0.304 e. The molecule has 1 heterocycles. The van der Waals surface area contributed by atoms with Crippen molar-refractivity contribution in [2.75, 3.05) is 0 Å². The van der Waals surface area contributed by atoms with Gasteiger partial charge in [0.05, 0.1) is 0 Å². The monoisotopic (exact) mass is 835 g/mol. The highest BCUT2D eigenvalue weighted by Gasteiger charge is 2.85. The van der Waals surface area contributed by atoms with E-state index in [-0.39, 0.29) is 0 Å². The Balaban J connectivity index is 4.27. The molecule has 0 saturated carbocycles. The molecule has 1 rings (SSSR count). The predicted molar refractivity (Wildman–Crippen MR) is 145 cm³/mol. The highest BCUT2D eigenvalue weighted by atomic mass is 35.6. The van der Waals surface area contributed by atoms with Crippen LogP contribution >= 0.6 is 232 Å². The van der Waals surface area contributed by atoms with Crippen LogP contribution in [-0.4, -0.2) is 43.7 Å². The smallest absolute Gasteiger partial charge is 0.256 e. The molecule has 0 aromatic rings. The van der Waals surface area contributed by atoms with E-state index in [1.54, 1.807) is 0 Å². The predicted octanol–water partition coefficient (Wildman–Crippen LogP) is 11.7. The Kier molecular flexibility index (Phi) is 10.9. The topological polar surface area (TPSA) is 9.23 Å².